The summed E-state index contributed by atoms with van der Waals surface area (Å²) < 4.78 is 5.32. The summed E-state index contributed by atoms with van der Waals surface area (Å²) in [6, 6.07) is 3.79. The normalized spacial score (nSPS) is 22.8. The lowest BCUT2D eigenvalue weighted by Gasteiger charge is -2.38. The van der Waals surface area contributed by atoms with Crippen LogP contribution < -0.4 is 5.73 Å². The quantitative estimate of drug-likeness (QED) is 0.756. The van der Waals surface area contributed by atoms with Gasteiger partial charge in [0, 0.05) is 37.9 Å². The van der Waals surface area contributed by atoms with Crippen molar-refractivity contribution in [3.63, 3.8) is 0 Å². The Morgan fingerprint density at radius 3 is 2.60 bits per heavy atom. The van der Waals surface area contributed by atoms with Gasteiger partial charge in [-0.15, -0.1) is 0 Å². The van der Waals surface area contributed by atoms with Crippen LogP contribution in [-0.2, 0) is 4.74 Å². The third-order valence-corrected chi connectivity index (χ3v) is 3.68. The summed E-state index contributed by atoms with van der Waals surface area (Å²) in [7, 11) is 1.66. The Morgan fingerprint density at radius 1 is 1.40 bits per heavy atom. The van der Waals surface area contributed by atoms with Crippen LogP contribution in [0.3, 0.4) is 0 Å². The topological polar surface area (TPSA) is 96.0 Å². The summed E-state index contributed by atoms with van der Waals surface area (Å²) >= 11 is 0. The zero-order valence-electron chi connectivity index (χ0n) is 11.5. The van der Waals surface area contributed by atoms with Gasteiger partial charge in [-0.2, -0.15) is 0 Å². The lowest BCUT2D eigenvalue weighted by atomic mass is 9.98. The second-order valence-corrected chi connectivity index (χ2v) is 5.01. The van der Waals surface area contributed by atoms with Gasteiger partial charge in [-0.25, -0.2) is 0 Å². The van der Waals surface area contributed by atoms with Crippen molar-refractivity contribution in [2.75, 3.05) is 20.2 Å². The van der Waals surface area contributed by atoms with Gasteiger partial charge in [0.25, 0.3) is 5.91 Å². The summed E-state index contributed by atoms with van der Waals surface area (Å²) in [6.45, 7) is 0.909. The number of carbonyl (C=O) groups excluding carboxylic acids is 1. The van der Waals surface area contributed by atoms with Gasteiger partial charge in [0.2, 0.25) is 0 Å². The van der Waals surface area contributed by atoms with E-state index in [9.17, 15) is 15.0 Å². The Kier molecular flexibility index (Phi) is 4.46. The largest absolute Gasteiger partial charge is 0.508 e. The molecule has 1 aromatic carbocycles. The highest BCUT2D eigenvalue weighted by Crippen LogP contribution is 2.25. The number of hydrogen-bond acceptors (Lipinski definition) is 5. The van der Waals surface area contributed by atoms with Gasteiger partial charge in [0.1, 0.15) is 11.5 Å². The van der Waals surface area contributed by atoms with Gasteiger partial charge in [0.05, 0.1) is 6.10 Å². The first kappa shape index (κ1) is 14.6. The predicted molar refractivity (Wildman–Crippen MR) is 73.7 cm³/mol. The van der Waals surface area contributed by atoms with Crippen LogP contribution in [0.4, 0.5) is 0 Å². The number of ether oxygens (including phenoxy) is 1. The number of hydrogen-bond donors (Lipinski definition) is 3. The van der Waals surface area contributed by atoms with Crippen molar-refractivity contribution in [2.45, 2.75) is 25.0 Å². The number of rotatable bonds is 3. The number of nitrogens with zero attached hydrogens (tertiary/aromatic N) is 1. The van der Waals surface area contributed by atoms with E-state index < -0.39 is 0 Å². The fourth-order valence-corrected chi connectivity index (χ4v) is 2.60. The second kappa shape index (κ2) is 6.11. The minimum Gasteiger partial charge on any atom is -0.508 e. The number of amides is 1. The first-order valence-corrected chi connectivity index (χ1v) is 6.62. The first-order chi connectivity index (χ1) is 9.55. The standard InChI is InChI=1S/C14H20N2O4/c1-20-13-2-3-16(10(6-13)8-15)14(19)9-4-11(17)7-12(18)5-9/h4-5,7,10,13,17-18H,2-3,6,8,15H2,1H3. The monoisotopic (exact) mass is 280 g/mol. The maximum Gasteiger partial charge on any atom is 0.254 e. The minimum atomic E-state index is -0.235. The van der Waals surface area contributed by atoms with E-state index in [0.717, 1.165) is 6.42 Å². The minimum absolute atomic E-state index is 0.0920. The van der Waals surface area contributed by atoms with Crippen molar-refractivity contribution in [1.29, 1.82) is 0 Å². The molecule has 4 N–H and O–H groups in total. The molecular weight excluding hydrogens is 260 g/mol. The smallest absolute Gasteiger partial charge is 0.254 e. The molecule has 6 heteroatoms. The highest BCUT2D eigenvalue weighted by Gasteiger charge is 2.31. The number of carbonyl (C=O) groups is 1. The molecule has 110 valence electrons. The van der Waals surface area contributed by atoms with E-state index in [1.54, 1.807) is 12.0 Å². The molecule has 6 nitrogen and oxygen atoms in total. The van der Waals surface area contributed by atoms with Crippen molar-refractivity contribution in [2.24, 2.45) is 5.73 Å². The Morgan fingerprint density at radius 2 is 2.05 bits per heavy atom. The van der Waals surface area contributed by atoms with E-state index in [1.807, 2.05) is 0 Å². The molecule has 20 heavy (non-hydrogen) atoms. The van der Waals surface area contributed by atoms with Gasteiger partial charge in [0.15, 0.2) is 0 Å². The van der Waals surface area contributed by atoms with Crippen LogP contribution in [0.2, 0.25) is 0 Å². The van der Waals surface area contributed by atoms with Gasteiger partial charge < -0.3 is 25.6 Å². The van der Waals surface area contributed by atoms with E-state index in [1.165, 1.54) is 18.2 Å². The average Bonchev–Trinajstić information content (AvgIpc) is 2.44. The third kappa shape index (κ3) is 3.02. The highest BCUT2D eigenvalue weighted by molar-refractivity contribution is 5.95. The molecule has 0 aromatic heterocycles. The number of methoxy groups -OCH3 is 1. The molecule has 1 fully saturated rings. The van der Waals surface area contributed by atoms with E-state index in [4.69, 9.17) is 10.5 Å². The summed E-state index contributed by atoms with van der Waals surface area (Å²) in [5.41, 5.74) is 6.00. The molecular formula is C14H20N2O4. The molecule has 1 heterocycles. The number of phenols is 2. The maximum absolute atomic E-state index is 12.5. The number of phenolic OH excluding ortho intramolecular Hbond substituents is 2. The van der Waals surface area contributed by atoms with Crippen molar-refractivity contribution in [1.82, 2.24) is 4.90 Å². The molecule has 1 aliphatic heterocycles. The molecule has 2 rings (SSSR count). The van der Waals surface area contributed by atoms with Crippen molar-refractivity contribution < 1.29 is 19.7 Å². The van der Waals surface area contributed by atoms with Crippen LogP contribution in [0.15, 0.2) is 18.2 Å². The van der Waals surface area contributed by atoms with Gasteiger partial charge in [-0.1, -0.05) is 0 Å². The summed E-state index contributed by atoms with van der Waals surface area (Å²) in [5, 5.41) is 18.9. The fraction of sp³-hybridized carbons (Fsp3) is 0.500. The fourth-order valence-electron chi connectivity index (χ4n) is 2.60. The average molecular weight is 280 g/mol. The lowest BCUT2D eigenvalue weighted by Crippen LogP contribution is -2.51. The molecule has 0 spiro atoms. The summed E-state index contributed by atoms with van der Waals surface area (Å²) in [4.78, 5) is 14.2. The number of nitrogens with two attached hydrogens (primary N) is 1. The molecule has 0 saturated carbocycles. The highest BCUT2D eigenvalue weighted by atomic mass is 16.5. The lowest BCUT2D eigenvalue weighted by molar-refractivity contribution is 0.0138. The summed E-state index contributed by atoms with van der Waals surface area (Å²) in [6.07, 6.45) is 1.57. The van der Waals surface area contributed by atoms with Crippen molar-refractivity contribution in [3.8, 4) is 11.5 Å². The van der Waals surface area contributed by atoms with Crippen LogP contribution in [0, 0.1) is 0 Å². The van der Waals surface area contributed by atoms with E-state index in [0.29, 0.717) is 19.5 Å². The Bertz CT molecular complexity index is 472. The molecule has 0 aliphatic carbocycles. The molecule has 1 aliphatic rings. The zero-order valence-corrected chi connectivity index (χ0v) is 11.5. The summed E-state index contributed by atoms with van der Waals surface area (Å²) in [5.74, 6) is -0.505. The van der Waals surface area contributed by atoms with Gasteiger partial charge in [-0.3, -0.25) is 4.79 Å². The van der Waals surface area contributed by atoms with Crippen molar-refractivity contribution >= 4 is 5.91 Å². The van der Waals surface area contributed by atoms with Crippen LogP contribution in [0.25, 0.3) is 0 Å². The van der Waals surface area contributed by atoms with E-state index in [2.05, 4.69) is 0 Å². The van der Waals surface area contributed by atoms with Gasteiger partial charge >= 0.3 is 0 Å². The number of benzene rings is 1. The SMILES string of the molecule is COC1CCN(C(=O)c2cc(O)cc(O)c2)C(CN)C1. The van der Waals surface area contributed by atoms with Crippen LogP contribution in [0.5, 0.6) is 11.5 Å². The third-order valence-electron chi connectivity index (χ3n) is 3.68. The van der Waals surface area contributed by atoms with Gasteiger partial charge in [-0.05, 0) is 25.0 Å². The Hall–Kier alpha value is -1.79. The Balaban J connectivity index is 2.19. The Labute approximate surface area is 117 Å². The molecule has 2 atom stereocenters. The zero-order chi connectivity index (χ0) is 14.7. The van der Waals surface area contributed by atoms with Crippen LogP contribution in [0.1, 0.15) is 23.2 Å². The predicted octanol–water partition coefficient (Wildman–Crippen LogP) is 0.676. The second-order valence-electron chi connectivity index (χ2n) is 5.01. The van der Waals surface area contributed by atoms with Crippen LogP contribution in [-0.4, -0.2) is 53.4 Å². The first-order valence-electron chi connectivity index (χ1n) is 6.62. The number of likely N-dealkylation sites (tertiary alicyclic amines) is 1. The van der Waals surface area contributed by atoms with Crippen molar-refractivity contribution in [3.05, 3.63) is 23.8 Å². The molecule has 2 unspecified atom stereocenters. The molecule has 1 aromatic rings. The van der Waals surface area contributed by atoms with E-state index >= 15 is 0 Å². The molecule has 1 amide bonds. The number of aromatic hydroxyl groups is 2. The number of piperidine rings is 1. The maximum atomic E-state index is 12.5. The van der Waals surface area contributed by atoms with Crippen LogP contribution >= 0.6 is 0 Å². The molecule has 0 radical (unpaired) electrons. The molecule has 1 saturated heterocycles. The van der Waals surface area contributed by atoms with E-state index in [-0.39, 0.29) is 35.1 Å². The molecule has 0 bridgehead atoms.